The number of methoxy groups -OCH3 is 2. The molecule has 6 heteroatoms. The van der Waals surface area contributed by atoms with Crippen LogP contribution in [0.15, 0.2) is 18.2 Å². The van der Waals surface area contributed by atoms with Gasteiger partial charge in [0, 0.05) is 31.7 Å². The maximum atomic E-state index is 5.44. The van der Waals surface area contributed by atoms with Crippen LogP contribution in [0.4, 0.5) is 0 Å². The van der Waals surface area contributed by atoms with Crippen molar-refractivity contribution in [3.05, 3.63) is 23.8 Å². The molecule has 5 nitrogen and oxygen atoms in total. The molecule has 0 unspecified atom stereocenters. The zero-order chi connectivity index (χ0) is 18.2. The van der Waals surface area contributed by atoms with Crippen molar-refractivity contribution in [1.29, 1.82) is 0 Å². The van der Waals surface area contributed by atoms with Crippen molar-refractivity contribution in [3.8, 4) is 11.5 Å². The molecule has 0 bridgehead atoms. The van der Waals surface area contributed by atoms with Gasteiger partial charge in [-0.05, 0) is 63.0 Å². The number of likely N-dealkylation sites (tertiary alicyclic amines) is 1. The highest BCUT2D eigenvalue weighted by Crippen LogP contribution is 2.27. The number of rotatable bonds is 7. The SMILES string of the molecule is COc1ccc(CCNC(=S)NC2CCN(C(C)C)CC2)cc1OC. The molecular weight excluding hydrogens is 334 g/mol. The Balaban J connectivity index is 1.70. The molecule has 1 aliphatic rings. The van der Waals surface area contributed by atoms with Crippen molar-refractivity contribution >= 4 is 17.3 Å². The fourth-order valence-corrected chi connectivity index (χ4v) is 3.42. The van der Waals surface area contributed by atoms with E-state index in [1.165, 1.54) is 5.56 Å². The molecule has 0 saturated carbocycles. The predicted molar refractivity (Wildman–Crippen MR) is 107 cm³/mol. The summed E-state index contributed by atoms with van der Waals surface area (Å²) in [6.07, 6.45) is 3.18. The van der Waals surface area contributed by atoms with Gasteiger partial charge in [-0.25, -0.2) is 0 Å². The minimum atomic E-state index is 0.482. The highest BCUT2D eigenvalue weighted by molar-refractivity contribution is 7.80. The lowest BCUT2D eigenvalue weighted by atomic mass is 10.0. The Bertz CT molecular complexity index is 558. The summed E-state index contributed by atoms with van der Waals surface area (Å²) in [5, 5.41) is 7.52. The van der Waals surface area contributed by atoms with Crippen LogP contribution in [0.25, 0.3) is 0 Å². The summed E-state index contributed by atoms with van der Waals surface area (Å²) in [5.41, 5.74) is 1.19. The number of nitrogens with zero attached hydrogens (tertiary/aromatic N) is 1. The average molecular weight is 366 g/mol. The van der Waals surface area contributed by atoms with E-state index in [2.05, 4.69) is 35.4 Å². The smallest absolute Gasteiger partial charge is 0.166 e. The summed E-state index contributed by atoms with van der Waals surface area (Å²) in [6.45, 7) is 7.60. The summed E-state index contributed by atoms with van der Waals surface area (Å²) in [5.74, 6) is 1.52. The van der Waals surface area contributed by atoms with Gasteiger partial charge in [-0.1, -0.05) is 6.07 Å². The number of thiocarbonyl (C=S) groups is 1. The molecule has 0 aromatic heterocycles. The average Bonchev–Trinajstić information content (AvgIpc) is 2.62. The number of hydrogen-bond donors (Lipinski definition) is 2. The van der Waals surface area contributed by atoms with Crippen LogP contribution in [-0.2, 0) is 6.42 Å². The van der Waals surface area contributed by atoms with Gasteiger partial charge in [0.1, 0.15) is 0 Å². The predicted octanol–water partition coefficient (Wildman–Crippen LogP) is 2.58. The van der Waals surface area contributed by atoms with Crippen molar-refractivity contribution in [1.82, 2.24) is 15.5 Å². The molecule has 0 atom stereocenters. The van der Waals surface area contributed by atoms with Gasteiger partial charge in [0.25, 0.3) is 0 Å². The molecule has 1 aliphatic heterocycles. The van der Waals surface area contributed by atoms with E-state index in [1.54, 1.807) is 14.2 Å². The van der Waals surface area contributed by atoms with E-state index in [9.17, 15) is 0 Å². The molecule has 25 heavy (non-hydrogen) atoms. The first kappa shape index (κ1) is 19.8. The summed E-state index contributed by atoms with van der Waals surface area (Å²) < 4.78 is 10.6. The fraction of sp³-hybridized carbons (Fsp3) is 0.632. The van der Waals surface area contributed by atoms with Gasteiger partial charge in [-0.2, -0.15) is 0 Å². The standard InChI is InChI=1S/C19H31N3O2S/c1-14(2)22-11-8-16(9-12-22)21-19(25)20-10-7-15-5-6-17(23-3)18(13-15)24-4/h5-6,13-14,16H,7-12H2,1-4H3,(H2,20,21,25). The van der Waals surface area contributed by atoms with Crippen molar-refractivity contribution in [2.75, 3.05) is 33.9 Å². The van der Waals surface area contributed by atoms with E-state index in [0.717, 1.165) is 55.5 Å². The van der Waals surface area contributed by atoms with Gasteiger partial charge in [0.15, 0.2) is 16.6 Å². The number of benzene rings is 1. The van der Waals surface area contributed by atoms with Crippen LogP contribution < -0.4 is 20.1 Å². The van der Waals surface area contributed by atoms with Gasteiger partial charge in [0.2, 0.25) is 0 Å². The van der Waals surface area contributed by atoms with E-state index in [4.69, 9.17) is 21.7 Å². The van der Waals surface area contributed by atoms with Crippen molar-refractivity contribution < 1.29 is 9.47 Å². The highest BCUT2D eigenvalue weighted by atomic mass is 32.1. The van der Waals surface area contributed by atoms with Crippen LogP contribution in [0.5, 0.6) is 11.5 Å². The Morgan fingerprint density at radius 3 is 2.48 bits per heavy atom. The minimum Gasteiger partial charge on any atom is -0.493 e. The maximum absolute atomic E-state index is 5.44. The molecule has 140 valence electrons. The van der Waals surface area contributed by atoms with E-state index < -0.39 is 0 Å². The van der Waals surface area contributed by atoms with Crippen molar-refractivity contribution in [2.45, 2.75) is 45.2 Å². The first-order chi connectivity index (χ1) is 12.0. The number of nitrogens with one attached hydrogen (secondary N) is 2. The normalized spacial score (nSPS) is 15.9. The third-order valence-corrected chi connectivity index (χ3v) is 5.00. The van der Waals surface area contributed by atoms with E-state index in [-0.39, 0.29) is 0 Å². The monoisotopic (exact) mass is 365 g/mol. The Morgan fingerprint density at radius 1 is 1.20 bits per heavy atom. The topological polar surface area (TPSA) is 45.8 Å². The molecule has 1 aromatic carbocycles. The largest absolute Gasteiger partial charge is 0.493 e. The molecule has 0 radical (unpaired) electrons. The Hall–Kier alpha value is -1.53. The third-order valence-electron chi connectivity index (χ3n) is 4.74. The molecule has 1 saturated heterocycles. The lowest BCUT2D eigenvalue weighted by molar-refractivity contribution is 0.167. The van der Waals surface area contributed by atoms with Crippen LogP contribution in [-0.4, -0.2) is 55.9 Å². The molecule has 1 fully saturated rings. The number of piperidine rings is 1. The zero-order valence-corrected chi connectivity index (χ0v) is 16.6. The first-order valence-corrected chi connectivity index (χ1v) is 9.43. The molecule has 0 spiro atoms. The van der Waals surface area contributed by atoms with E-state index in [1.807, 2.05) is 12.1 Å². The van der Waals surface area contributed by atoms with Crippen LogP contribution in [0.1, 0.15) is 32.3 Å². The lowest BCUT2D eigenvalue weighted by Gasteiger charge is -2.35. The maximum Gasteiger partial charge on any atom is 0.166 e. The summed E-state index contributed by atoms with van der Waals surface area (Å²) >= 11 is 5.44. The zero-order valence-electron chi connectivity index (χ0n) is 15.8. The Kier molecular flexibility index (Phi) is 7.78. The summed E-state index contributed by atoms with van der Waals surface area (Å²) in [4.78, 5) is 2.52. The van der Waals surface area contributed by atoms with Crippen LogP contribution in [0.2, 0.25) is 0 Å². The minimum absolute atomic E-state index is 0.482. The van der Waals surface area contributed by atoms with Gasteiger partial charge >= 0.3 is 0 Å². The second-order valence-corrected chi connectivity index (χ2v) is 7.15. The van der Waals surface area contributed by atoms with Crippen molar-refractivity contribution in [3.63, 3.8) is 0 Å². The van der Waals surface area contributed by atoms with Crippen molar-refractivity contribution in [2.24, 2.45) is 0 Å². The Labute approximate surface area is 157 Å². The second-order valence-electron chi connectivity index (χ2n) is 6.74. The number of ether oxygens (including phenoxy) is 2. The fourth-order valence-electron chi connectivity index (χ4n) is 3.15. The molecule has 0 amide bonds. The lowest BCUT2D eigenvalue weighted by Crippen LogP contribution is -2.49. The quantitative estimate of drug-likeness (QED) is 0.724. The second kappa shape index (κ2) is 9.82. The summed E-state index contributed by atoms with van der Waals surface area (Å²) in [7, 11) is 3.30. The highest BCUT2D eigenvalue weighted by Gasteiger charge is 2.20. The molecule has 2 N–H and O–H groups in total. The Morgan fingerprint density at radius 2 is 1.88 bits per heavy atom. The van der Waals surface area contributed by atoms with Gasteiger partial charge in [0.05, 0.1) is 14.2 Å². The molecule has 0 aliphatic carbocycles. The van der Waals surface area contributed by atoms with Crippen LogP contribution in [0, 0.1) is 0 Å². The van der Waals surface area contributed by atoms with Crippen LogP contribution in [0.3, 0.4) is 0 Å². The molecular formula is C19H31N3O2S. The summed E-state index contributed by atoms with van der Waals surface area (Å²) in [6, 6.07) is 7.12. The van der Waals surface area contributed by atoms with Gasteiger partial charge < -0.3 is 25.0 Å². The van der Waals surface area contributed by atoms with E-state index in [0.29, 0.717) is 12.1 Å². The number of hydrogen-bond acceptors (Lipinski definition) is 4. The third kappa shape index (κ3) is 6.04. The van der Waals surface area contributed by atoms with Crippen LogP contribution >= 0.6 is 12.2 Å². The molecule has 2 rings (SSSR count). The van der Waals surface area contributed by atoms with Gasteiger partial charge in [-0.3, -0.25) is 0 Å². The first-order valence-electron chi connectivity index (χ1n) is 9.02. The van der Waals surface area contributed by atoms with Gasteiger partial charge in [-0.15, -0.1) is 0 Å². The van der Waals surface area contributed by atoms with E-state index >= 15 is 0 Å². The molecule has 1 aromatic rings. The molecule has 1 heterocycles.